The Morgan fingerprint density at radius 1 is 1.24 bits per heavy atom. The van der Waals surface area contributed by atoms with Crippen LogP contribution in [0.15, 0.2) is 51.7 Å². The summed E-state index contributed by atoms with van der Waals surface area (Å²) < 4.78 is 39.4. The van der Waals surface area contributed by atoms with Gasteiger partial charge in [0.2, 0.25) is 15.9 Å². The fourth-order valence-corrected chi connectivity index (χ4v) is 6.93. The second kappa shape index (κ2) is 10.4. The maximum Gasteiger partial charge on any atom is 0.243 e. The average molecular weight is 508 g/mol. The predicted octanol–water partition coefficient (Wildman–Crippen LogP) is 3.84. The van der Waals surface area contributed by atoms with Crippen molar-refractivity contribution < 1.29 is 22.7 Å². The first-order chi connectivity index (χ1) is 15.9. The Labute approximate surface area is 201 Å². The average Bonchev–Trinajstić information content (AvgIpc) is 3.21. The van der Waals surface area contributed by atoms with Gasteiger partial charge in [-0.1, -0.05) is 11.8 Å². The summed E-state index contributed by atoms with van der Waals surface area (Å²) >= 11 is 2.90. The lowest BCUT2D eigenvalue weighted by atomic mass is 10.3. The van der Waals surface area contributed by atoms with Crippen LogP contribution in [0.3, 0.4) is 0 Å². The van der Waals surface area contributed by atoms with Gasteiger partial charge in [-0.15, -0.1) is 11.3 Å². The summed E-state index contributed by atoms with van der Waals surface area (Å²) in [5, 5.41) is 2.47. The normalized spacial score (nSPS) is 15.9. The van der Waals surface area contributed by atoms with Crippen LogP contribution >= 0.6 is 23.1 Å². The highest BCUT2D eigenvalue weighted by Gasteiger charge is 2.26. The zero-order chi connectivity index (χ0) is 23.4. The molecule has 0 radical (unpaired) electrons. The molecular formula is C22H25N3O5S3. The lowest BCUT2D eigenvalue weighted by Gasteiger charge is -2.26. The number of sulfonamides is 1. The van der Waals surface area contributed by atoms with E-state index < -0.39 is 10.0 Å². The molecule has 1 amide bonds. The minimum atomic E-state index is -3.56. The van der Waals surface area contributed by atoms with Crippen molar-refractivity contribution in [3.63, 3.8) is 0 Å². The lowest BCUT2D eigenvalue weighted by Crippen LogP contribution is -2.40. The number of carbonyl (C=O) groups is 1. The third-order valence-corrected chi connectivity index (χ3v) is 9.15. The van der Waals surface area contributed by atoms with Crippen molar-refractivity contribution in [1.29, 1.82) is 0 Å². The van der Waals surface area contributed by atoms with Crippen molar-refractivity contribution in [1.82, 2.24) is 9.29 Å². The van der Waals surface area contributed by atoms with Crippen molar-refractivity contribution in [2.45, 2.75) is 28.3 Å². The van der Waals surface area contributed by atoms with Crippen LogP contribution in [-0.4, -0.2) is 61.8 Å². The fourth-order valence-electron chi connectivity index (χ4n) is 3.29. The molecule has 1 saturated heterocycles. The molecule has 1 fully saturated rings. The van der Waals surface area contributed by atoms with Crippen molar-refractivity contribution >= 4 is 54.9 Å². The van der Waals surface area contributed by atoms with Crippen LogP contribution < -0.4 is 10.1 Å². The topological polar surface area (TPSA) is 97.8 Å². The smallest absolute Gasteiger partial charge is 0.243 e. The number of benzene rings is 2. The van der Waals surface area contributed by atoms with E-state index in [0.29, 0.717) is 38.6 Å². The Balaban J connectivity index is 1.38. The van der Waals surface area contributed by atoms with Gasteiger partial charge >= 0.3 is 0 Å². The Morgan fingerprint density at radius 2 is 1.97 bits per heavy atom. The second-order valence-corrected chi connectivity index (χ2v) is 11.9. The molecule has 1 aliphatic heterocycles. The van der Waals surface area contributed by atoms with Gasteiger partial charge in [-0.2, -0.15) is 4.31 Å². The van der Waals surface area contributed by atoms with Crippen molar-refractivity contribution in [2.75, 3.05) is 38.2 Å². The molecule has 4 rings (SSSR count). The van der Waals surface area contributed by atoms with E-state index in [1.165, 1.54) is 39.5 Å². The first-order valence-corrected chi connectivity index (χ1v) is 13.7. The molecule has 0 saturated carbocycles. The van der Waals surface area contributed by atoms with Crippen molar-refractivity contribution in [3.05, 3.63) is 42.5 Å². The summed E-state index contributed by atoms with van der Waals surface area (Å²) in [7, 11) is -3.56. The number of fused-ring (bicyclic) bond motifs is 1. The Kier molecular flexibility index (Phi) is 7.55. The number of anilines is 1. The summed E-state index contributed by atoms with van der Waals surface area (Å²) in [5.74, 6) is 0.619. The Bertz CT molecular complexity index is 1220. The number of hydrogen-bond donors (Lipinski definition) is 1. The summed E-state index contributed by atoms with van der Waals surface area (Å²) in [4.78, 5) is 17.5. The number of thiazole rings is 1. The summed E-state index contributed by atoms with van der Waals surface area (Å²) in [6.45, 7) is 5.83. The SMILES string of the molecule is CCOc1ccc2nc(SC(C)C(=O)Nc3ccc(S(=O)(=O)N4CCOCC4)cc3)sc2c1. The fraction of sp³-hybridized carbons (Fsp3) is 0.364. The third kappa shape index (κ3) is 5.67. The minimum absolute atomic E-state index is 0.182. The maximum atomic E-state index is 12.7. The second-order valence-electron chi connectivity index (χ2n) is 7.33. The number of thioether (sulfide) groups is 1. The van der Waals surface area contributed by atoms with E-state index in [2.05, 4.69) is 10.3 Å². The van der Waals surface area contributed by atoms with Crippen LogP contribution in [0.5, 0.6) is 5.75 Å². The van der Waals surface area contributed by atoms with Crippen LogP contribution in [0.2, 0.25) is 0 Å². The van der Waals surface area contributed by atoms with E-state index >= 15 is 0 Å². The molecule has 1 aliphatic rings. The highest BCUT2D eigenvalue weighted by Crippen LogP contribution is 2.34. The molecule has 3 aromatic rings. The van der Waals surface area contributed by atoms with Crippen LogP contribution in [0.25, 0.3) is 10.2 Å². The van der Waals surface area contributed by atoms with Crippen molar-refractivity contribution in [3.8, 4) is 5.75 Å². The Hall–Kier alpha value is -2.18. The molecule has 2 aromatic carbocycles. The van der Waals surface area contributed by atoms with Crippen LogP contribution in [0, 0.1) is 0 Å². The molecule has 33 heavy (non-hydrogen) atoms. The summed E-state index contributed by atoms with van der Waals surface area (Å²) in [6.07, 6.45) is 0. The first-order valence-electron chi connectivity index (χ1n) is 10.6. The van der Waals surface area contributed by atoms with E-state index in [1.807, 2.05) is 32.0 Å². The minimum Gasteiger partial charge on any atom is -0.494 e. The number of amides is 1. The molecule has 1 aromatic heterocycles. The first kappa shape index (κ1) is 24.0. The van der Waals surface area contributed by atoms with Gasteiger partial charge in [0, 0.05) is 18.8 Å². The molecular weight excluding hydrogens is 482 g/mol. The van der Waals surface area contributed by atoms with Crippen LogP contribution in [-0.2, 0) is 19.6 Å². The van der Waals surface area contributed by atoms with Gasteiger partial charge in [-0.25, -0.2) is 13.4 Å². The number of ether oxygens (including phenoxy) is 2. The number of carbonyl (C=O) groups excluding carboxylic acids is 1. The molecule has 176 valence electrons. The Morgan fingerprint density at radius 3 is 2.67 bits per heavy atom. The zero-order valence-corrected chi connectivity index (χ0v) is 20.8. The molecule has 1 atom stereocenters. The monoisotopic (exact) mass is 507 g/mol. The van der Waals surface area contributed by atoms with Gasteiger partial charge in [0.25, 0.3) is 0 Å². The van der Waals surface area contributed by atoms with Gasteiger partial charge in [0.1, 0.15) is 5.75 Å². The van der Waals surface area contributed by atoms with Gasteiger partial charge in [0.15, 0.2) is 4.34 Å². The largest absolute Gasteiger partial charge is 0.494 e. The lowest BCUT2D eigenvalue weighted by molar-refractivity contribution is -0.115. The highest BCUT2D eigenvalue weighted by molar-refractivity contribution is 8.02. The molecule has 1 unspecified atom stereocenters. The molecule has 2 heterocycles. The van der Waals surface area contributed by atoms with Gasteiger partial charge < -0.3 is 14.8 Å². The van der Waals surface area contributed by atoms with Gasteiger partial charge in [0.05, 0.1) is 40.2 Å². The number of nitrogens with zero attached hydrogens (tertiary/aromatic N) is 2. The number of nitrogens with one attached hydrogen (secondary N) is 1. The zero-order valence-electron chi connectivity index (χ0n) is 18.3. The third-order valence-electron chi connectivity index (χ3n) is 5.03. The summed E-state index contributed by atoms with van der Waals surface area (Å²) in [5.41, 5.74) is 1.41. The predicted molar refractivity (Wildman–Crippen MR) is 131 cm³/mol. The molecule has 8 nitrogen and oxygen atoms in total. The van der Waals surface area contributed by atoms with Crippen LogP contribution in [0.1, 0.15) is 13.8 Å². The molecule has 11 heteroatoms. The molecule has 0 spiro atoms. The van der Waals surface area contributed by atoms with Gasteiger partial charge in [-0.05, 0) is 56.3 Å². The number of hydrogen-bond acceptors (Lipinski definition) is 8. The quantitative estimate of drug-likeness (QED) is 0.463. The van der Waals surface area contributed by atoms with Crippen LogP contribution in [0.4, 0.5) is 5.69 Å². The molecule has 0 aliphatic carbocycles. The summed E-state index contributed by atoms with van der Waals surface area (Å²) in [6, 6.07) is 12.0. The number of morpholine rings is 1. The van der Waals surface area contributed by atoms with Crippen molar-refractivity contribution in [2.24, 2.45) is 0 Å². The number of rotatable bonds is 8. The van der Waals surface area contributed by atoms with E-state index in [4.69, 9.17) is 9.47 Å². The van der Waals surface area contributed by atoms with E-state index in [-0.39, 0.29) is 16.1 Å². The highest BCUT2D eigenvalue weighted by atomic mass is 32.2. The van der Waals surface area contributed by atoms with Gasteiger partial charge in [-0.3, -0.25) is 4.79 Å². The maximum absolute atomic E-state index is 12.7. The van der Waals surface area contributed by atoms with E-state index in [0.717, 1.165) is 20.3 Å². The van der Waals surface area contributed by atoms with E-state index in [1.54, 1.807) is 12.1 Å². The number of aromatic nitrogens is 1. The van der Waals surface area contributed by atoms with E-state index in [9.17, 15) is 13.2 Å². The molecule has 1 N–H and O–H groups in total. The standard InChI is InChI=1S/C22H25N3O5S3/c1-3-30-17-6-9-19-20(14-17)32-22(24-19)31-15(2)21(26)23-16-4-7-18(8-5-16)33(27,28)25-10-12-29-13-11-25/h4-9,14-15H,3,10-13H2,1-2H3,(H,23,26). The molecule has 0 bridgehead atoms.